The number of thiophene rings is 1. The highest BCUT2D eigenvalue weighted by Crippen LogP contribution is 2.32. The second-order valence-electron chi connectivity index (χ2n) is 3.37. The van der Waals surface area contributed by atoms with Crippen molar-refractivity contribution in [2.24, 2.45) is 0 Å². The van der Waals surface area contributed by atoms with Crippen molar-refractivity contribution in [1.82, 2.24) is 9.97 Å². The summed E-state index contributed by atoms with van der Waals surface area (Å²) in [6.07, 6.45) is 0. The number of aromatic amines is 1. The first-order valence-electron chi connectivity index (χ1n) is 4.53. The van der Waals surface area contributed by atoms with Gasteiger partial charge >= 0.3 is 0 Å². The lowest BCUT2D eigenvalue weighted by atomic mass is 10.2. The molecule has 2 heterocycles. The Bertz CT molecular complexity index is 762. The Labute approximate surface area is 102 Å². The second kappa shape index (κ2) is 3.29. The quantitative estimate of drug-likeness (QED) is 0.669. The van der Waals surface area contributed by atoms with Crippen LogP contribution < -0.4 is 11.3 Å². The van der Waals surface area contributed by atoms with Gasteiger partial charge in [-0.2, -0.15) is 0 Å². The zero-order valence-corrected chi connectivity index (χ0v) is 10.4. The Kier molecular flexibility index (Phi) is 2.02. The molecule has 0 spiro atoms. The molecular weight excluding hydrogens is 290 g/mol. The number of fused-ring (bicyclic) bond motifs is 3. The number of benzene rings is 1. The topological polar surface area (TPSA) is 71.8 Å². The van der Waals surface area contributed by atoms with Crippen LogP contribution in [0.25, 0.3) is 20.3 Å². The number of nitrogen functional groups attached to an aromatic ring is 1. The summed E-state index contributed by atoms with van der Waals surface area (Å²) in [5.74, 6) is 0.153. The molecule has 2 aromatic heterocycles. The van der Waals surface area contributed by atoms with E-state index in [9.17, 15) is 4.79 Å². The molecule has 16 heavy (non-hydrogen) atoms. The molecule has 0 bridgehead atoms. The van der Waals surface area contributed by atoms with Crippen LogP contribution >= 0.6 is 27.3 Å². The van der Waals surface area contributed by atoms with E-state index in [0.717, 1.165) is 14.6 Å². The van der Waals surface area contributed by atoms with E-state index in [4.69, 9.17) is 5.73 Å². The summed E-state index contributed by atoms with van der Waals surface area (Å²) in [6.45, 7) is 0. The van der Waals surface area contributed by atoms with Gasteiger partial charge in [-0.05, 0) is 12.1 Å². The number of rotatable bonds is 0. The van der Waals surface area contributed by atoms with Crippen LogP contribution in [0.5, 0.6) is 0 Å². The first-order chi connectivity index (χ1) is 7.65. The molecule has 0 aliphatic rings. The number of anilines is 1. The lowest BCUT2D eigenvalue weighted by Crippen LogP contribution is -2.09. The van der Waals surface area contributed by atoms with E-state index in [1.807, 2.05) is 18.2 Å². The minimum Gasteiger partial charge on any atom is -0.369 e. The van der Waals surface area contributed by atoms with Crippen molar-refractivity contribution in [3.8, 4) is 0 Å². The van der Waals surface area contributed by atoms with Crippen LogP contribution in [0.1, 0.15) is 0 Å². The number of nitrogens with one attached hydrogen (secondary N) is 1. The Morgan fingerprint density at radius 2 is 2.25 bits per heavy atom. The monoisotopic (exact) mass is 295 g/mol. The first kappa shape index (κ1) is 9.80. The summed E-state index contributed by atoms with van der Waals surface area (Å²) in [5.41, 5.74) is 6.03. The average molecular weight is 296 g/mol. The molecular formula is C10H6BrN3OS. The van der Waals surface area contributed by atoms with E-state index in [0.29, 0.717) is 10.2 Å². The largest absolute Gasteiger partial charge is 0.369 e. The number of halogens is 1. The van der Waals surface area contributed by atoms with E-state index < -0.39 is 0 Å². The number of hydrogen-bond donors (Lipinski definition) is 2. The van der Waals surface area contributed by atoms with E-state index in [1.54, 1.807) is 0 Å². The molecule has 3 rings (SSSR count). The van der Waals surface area contributed by atoms with Gasteiger partial charge in [0, 0.05) is 14.6 Å². The number of aromatic nitrogens is 2. The predicted molar refractivity (Wildman–Crippen MR) is 69.9 cm³/mol. The predicted octanol–water partition coefficient (Wildman–Crippen LogP) is 2.48. The number of H-pyrrole nitrogens is 1. The lowest BCUT2D eigenvalue weighted by Gasteiger charge is -1.93. The standard InChI is InChI=1S/C10H6BrN3OS/c11-4-1-2-5-6(3-4)16-8-7(5)13-10(12)14-9(8)15/h1-3H,(H3,12,13,14,15). The molecule has 0 amide bonds. The maximum absolute atomic E-state index is 11.7. The molecule has 0 fully saturated rings. The Hall–Kier alpha value is -1.40. The molecule has 0 atom stereocenters. The van der Waals surface area contributed by atoms with E-state index in [-0.39, 0.29) is 11.5 Å². The Balaban J connectivity index is 2.61. The van der Waals surface area contributed by atoms with Gasteiger partial charge in [0.15, 0.2) is 0 Å². The van der Waals surface area contributed by atoms with Crippen molar-refractivity contribution in [1.29, 1.82) is 0 Å². The maximum Gasteiger partial charge on any atom is 0.270 e. The van der Waals surface area contributed by atoms with Crippen molar-refractivity contribution in [3.63, 3.8) is 0 Å². The van der Waals surface area contributed by atoms with Gasteiger partial charge in [-0.15, -0.1) is 11.3 Å². The Morgan fingerprint density at radius 3 is 3.06 bits per heavy atom. The van der Waals surface area contributed by atoms with Gasteiger partial charge in [-0.3, -0.25) is 9.78 Å². The third-order valence-corrected chi connectivity index (χ3v) is 3.94. The number of nitrogens with zero attached hydrogens (tertiary/aromatic N) is 1. The Morgan fingerprint density at radius 1 is 1.44 bits per heavy atom. The number of nitrogens with two attached hydrogens (primary N) is 1. The van der Waals surface area contributed by atoms with Crippen LogP contribution in [0.3, 0.4) is 0 Å². The molecule has 0 radical (unpaired) electrons. The fraction of sp³-hybridized carbons (Fsp3) is 0. The SMILES string of the molecule is Nc1nc2c(sc3cc(Br)ccc32)c(=O)[nH]1. The van der Waals surface area contributed by atoms with Crippen LogP contribution in [-0.2, 0) is 0 Å². The molecule has 3 N–H and O–H groups in total. The third-order valence-electron chi connectivity index (χ3n) is 2.31. The molecule has 0 aliphatic heterocycles. The zero-order chi connectivity index (χ0) is 11.3. The zero-order valence-electron chi connectivity index (χ0n) is 7.95. The molecule has 0 aliphatic carbocycles. The van der Waals surface area contributed by atoms with Crippen molar-refractivity contribution >= 4 is 53.5 Å². The summed E-state index contributed by atoms with van der Waals surface area (Å²) in [5, 5.41) is 0.959. The van der Waals surface area contributed by atoms with Gasteiger partial charge in [-0.1, -0.05) is 22.0 Å². The van der Waals surface area contributed by atoms with Crippen LogP contribution in [0.15, 0.2) is 27.5 Å². The molecule has 0 saturated carbocycles. The van der Waals surface area contributed by atoms with Crippen LogP contribution in [0.2, 0.25) is 0 Å². The van der Waals surface area contributed by atoms with E-state index in [1.165, 1.54) is 11.3 Å². The molecule has 4 nitrogen and oxygen atoms in total. The summed E-state index contributed by atoms with van der Waals surface area (Å²) >= 11 is 4.82. The van der Waals surface area contributed by atoms with Gasteiger partial charge in [0.05, 0.1) is 5.52 Å². The minimum atomic E-state index is -0.181. The van der Waals surface area contributed by atoms with Gasteiger partial charge in [0.2, 0.25) is 5.95 Å². The minimum absolute atomic E-state index is 0.153. The summed E-state index contributed by atoms with van der Waals surface area (Å²) < 4.78 is 2.62. The lowest BCUT2D eigenvalue weighted by molar-refractivity contribution is 1.20. The third kappa shape index (κ3) is 1.34. The smallest absolute Gasteiger partial charge is 0.270 e. The normalized spacial score (nSPS) is 11.3. The molecule has 1 aromatic carbocycles. The van der Waals surface area contributed by atoms with Gasteiger partial charge in [0.25, 0.3) is 5.56 Å². The van der Waals surface area contributed by atoms with Gasteiger partial charge in [0.1, 0.15) is 4.70 Å². The van der Waals surface area contributed by atoms with Gasteiger partial charge in [-0.25, -0.2) is 4.98 Å². The highest BCUT2D eigenvalue weighted by atomic mass is 79.9. The summed E-state index contributed by atoms with van der Waals surface area (Å²) in [4.78, 5) is 18.3. The van der Waals surface area contributed by atoms with Crippen molar-refractivity contribution < 1.29 is 0 Å². The van der Waals surface area contributed by atoms with E-state index >= 15 is 0 Å². The fourth-order valence-electron chi connectivity index (χ4n) is 1.64. The highest BCUT2D eigenvalue weighted by molar-refractivity contribution is 9.10. The molecule has 3 aromatic rings. The average Bonchev–Trinajstić information content (AvgIpc) is 2.56. The molecule has 6 heteroatoms. The van der Waals surface area contributed by atoms with Crippen LogP contribution in [0.4, 0.5) is 5.95 Å². The fourth-order valence-corrected chi connectivity index (χ4v) is 3.23. The first-order valence-corrected chi connectivity index (χ1v) is 6.13. The second-order valence-corrected chi connectivity index (χ2v) is 5.34. The van der Waals surface area contributed by atoms with Crippen molar-refractivity contribution in [3.05, 3.63) is 33.0 Å². The van der Waals surface area contributed by atoms with Crippen molar-refractivity contribution in [2.75, 3.05) is 5.73 Å². The molecule has 0 unspecified atom stereocenters. The van der Waals surface area contributed by atoms with Crippen LogP contribution in [0, 0.1) is 0 Å². The maximum atomic E-state index is 11.7. The van der Waals surface area contributed by atoms with Crippen molar-refractivity contribution in [2.45, 2.75) is 0 Å². The molecule has 80 valence electrons. The van der Waals surface area contributed by atoms with Gasteiger partial charge < -0.3 is 5.73 Å². The highest BCUT2D eigenvalue weighted by Gasteiger charge is 2.10. The van der Waals surface area contributed by atoms with Crippen LogP contribution in [-0.4, -0.2) is 9.97 Å². The molecule has 0 saturated heterocycles. The summed E-state index contributed by atoms with van der Waals surface area (Å²) in [7, 11) is 0. The number of hydrogen-bond acceptors (Lipinski definition) is 4. The summed E-state index contributed by atoms with van der Waals surface area (Å²) in [6, 6.07) is 5.83. The van der Waals surface area contributed by atoms with E-state index in [2.05, 4.69) is 25.9 Å².